The van der Waals surface area contributed by atoms with Crippen molar-refractivity contribution in [3.8, 4) is 5.75 Å². The molecule has 2 unspecified atom stereocenters. The van der Waals surface area contributed by atoms with Gasteiger partial charge in [0.25, 0.3) is 0 Å². The minimum absolute atomic E-state index is 0.171. The molecule has 0 aromatic heterocycles. The fraction of sp³-hybridized carbons (Fsp3) is 0.667. The predicted molar refractivity (Wildman–Crippen MR) is 107 cm³/mol. The number of guanidine groups is 1. The van der Waals surface area contributed by atoms with E-state index < -0.39 is 0 Å². The van der Waals surface area contributed by atoms with Crippen LogP contribution in [0.5, 0.6) is 5.75 Å². The van der Waals surface area contributed by atoms with E-state index in [2.05, 4.69) is 30.5 Å². The SMILES string of the molecule is CCNC(=NCc1ccccc1OC1CCC1)NC(C)COC1CCOC1. The van der Waals surface area contributed by atoms with Crippen LogP contribution in [0.25, 0.3) is 0 Å². The summed E-state index contributed by atoms with van der Waals surface area (Å²) in [5, 5.41) is 6.74. The lowest BCUT2D eigenvalue weighted by Gasteiger charge is -2.27. The van der Waals surface area contributed by atoms with Crippen LogP contribution in [0.3, 0.4) is 0 Å². The Balaban J connectivity index is 1.53. The number of para-hydroxylation sites is 1. The average Bonchev–Trinajstić information content (AvgIpc) is 3.15. The Bertz CT molecular complexity index is 598. The van der Waals surface area contributed by atoms with Crippen molar-refractivity contribution in [3.05, 3.63) is 29.8 Å². The van der Waals surface area contributed by atoms with Crippen LogP contribution in [0, 0.1) is 0 Å². The molecule has 6 nitrogen and oxygen atoms in total. The fourth-order valence-electron chi connectivity index (χ4n) is 3.10. The zero-order valence-electron chi connectivity index (χ0n) is 16.6. The number of rotatable bonds is 9. The van der Waals surface area contributed by atoms with Gasteiger partial charge < -0.3 is 24.8 Å². The van der Waals surface area contributed by atoms with Crippen LogP contribution in [0.4, 0.5) is 0 Å². The number of benzene rings is 1. The summed E-state index contributed by atoms with van der Waals surface area (Å²) < 4.78 is 17.4. The van der Waals surface area contributed by atoms with E-state index in [1.165, 1.54) is 6.42 Å². The summed E-state index contributed by atoms with van der Waals surface area (Å²) in [7, 11) is 0. The van der Waals surface area contributed by atoms with Gasteiger partial charge in [0.1, 0.15) is 5.75 Å². The first-order valence-electron chi connectivity index (χ1n) is 10.2. The second-order valence-electron chi connectivity index (χ2n) is 7.34. The van der Waals surface area contributed by atoms with E-state index >= 15 is 0 Å². The molecule has 2 atom stereocenters. The van der Waals surface area contributed by atoms with Gasteiger partial charge in [-0.2, -0.15) is 0 Å². The van der Waals surface area contributed by atoms with Gasteiger partial charge in [0.15, 0.2) is 5.96 Å². The van der Waals surface area contributed by atoms with E-state index in [0.29, 0.717) is 25.9 Å². The van der Waals surface area contributed by atoms with Gasteiger partial charge in [-0.15, -0.1) is 0 Å². The Kier molecular flexibility index (Phi) is 7.78. The third-order valence-electron chi connectivity index (χ3n) is 4.92. The molecule has 2 N–H and O–H groups in total. The monoisotopic (exact) mass is 375 g/mol. The van der Waals surface area contributed by atoms with Gasteiger partial charge in [-0.3, -0.25) is 0 Å². The number of ether oxygens (including phenoxy) is 3. The van der Waals surface area contributed by atoms with Crippen LogP contribution in [-0.4, -0.2) is 50.6 Å². The van der Waals surface area contributed by atoms with Crippen LogP contribution < -0.4 is 15.4 Å². The normalized spacial score (nSPS) is 21.6. The highest BCUT2D eigenvalue weighted by molar-refractivity contribution is 5.80. The average molecular weight is 376 g/mol. The Morgan fingerprint density at radius 1 is 1.26 bits per heavy atom. The highest BCUT2D eigenvalue weighted by atomic mass is 16.5. The summed E-state index contributed by atoms with van der Waals surface area (Å²) in [5.74, 6) is 1.76. The molecule has 0 bridgehead atoms. The van der Waals surface area contributed by atoms with E-state index in [9.17, 15) is 0 Å². The molecule has 1 aromatic rings. The highest BCUT2D eigenvalue weighted by Gasteiger charge is 2.20. The minimum Gasteiger partial charge on any atom is -0.490 e. The molecule has 1 aromatic carbocycles. The number of hydrogen-bond donors (Lipinski definition) is 2. The van der Waals surface area contributed by atoms with Crippen molar-refractivity contribution < 1.29 is 14.2 Å². The van der Waals surface area contributed by atoms with Gasteiger partial charge in [0.05, 0.1) is 32.0 Å². The van der Waals surface area contributed by atoms with Gasteiger partial charge in [-0.05, 0) is 45.6 Å². The Hall–Kier alpha value is -1.79. The van der Waals surface area contributed by atoms with Crippen LogP contribution >= 0.6 is 0 Å². The van der Waals surface area contributed by atoms with Crippen LogP contribution in [0.1, 0.15) is 45.1 Å². The number of aliphatic imine (C=N–C) groups is 1. The molecule has 1 aliphatic heterocycles. The minimum atomic E-state index is 0.171. The van der Waals surface area contributed by atoms with Gasteiger partial charge >= 0.3 is 0 Å². The molecule has 150 valence electrons. The Labute approximate surface area is 162 Å². The molecular formula is C21H33N3O3. The standard InChI is InChI=1S/C21H33N3O3/c1-3-22-21(24-16(2)14-26-19-11-12-25-15-19)23-13-17-7-4-5-10-20(17)27-18-8-6-9-18/h4-5,7,10,16,18-19H,3,6,8-9,11-15H2,1-2H3,(H2,22,23,24). The molecule has 27 heavy (non-hydrogen) atoms. The number of nitrogens with zero attached hydrogens (tertiary/aromatic N) is 1. The zero-order valence-corrected chi connectivity index (χ0v) is 16.6. The van der Waals surface area contributed by atoms with E-state index in [0.717, 1.165) is 49.7 Å². The molecule has 0 radical (unpaired) electrons. The first-order valence-corrected chi connectivity index (χ1v) is 10.2. The third-order valence-corrected chi connectivity index (χ3v) is 4.92. The molecule has 1 saturated heterocycles. The molecule has 2 fully saturated rings. The van der Waals surface area contributed by atoms with Crippen molar-refractivity contribution in [2.75, 3.05) is 26.4 Å². The van der Waals surface area contributed by atoms with Gasteiger partial charge in [0, 0.05) is 24.8 Å². The number of hydrogen-bond acceptors (Lipinski definition) is 4. The van der Waals surface area contributed by atoms with Crippen LogP contribution in [0.2, 0.25) is 0 Å². The molecular weight excluding hydrogens is 342 g/mol. The lowest BCUT2D eigenvalue weighted by atomic mass is 9.96. The summed E-state index contributed by atoms with van der Waals surface area (Å²) in [5.41, 5.74) is 1.12. The highest BCUT2D eigenvalue weighted by Crippen LogP contribution is 2.27. The van der Waals surface area contributed by atoms with Crippen LogP contribution in [0.15, 0.2) is 29.3 Å². The Morgan fingerprint density at radius 2 is 2.11 bits per heavy atom. The zero-order chi connectivity index (χ0) is 18.9. The summed E-state index contributed by atoms with van der Waals surface area (Å²) >= 11 is 0. The van der Waals surface area contributed by atoms with E-state index in [-0.39, 0.29) is 12.1 Å². The first kappa shape index (κ1) is 20.0. The quantitative estimate of drug-likeness (QED) is 0.513. The smallest absolute Gasteiger partial charge is 0.191 e. The molecule has 0 amide bonds. The summed E-state index contributed by atoms with van der Waals surface area (Å²) in [4.78, 5) is 4.75. The van der Waals surface area contributed by atoms with Gasteiger partial charge in [-0.25, -0.2) is 4.99 Å². The molecule has 0 spiro atoms. The van der Waals surface area contributed by atoms with Crippen molar-refractivity contribution in [2.24, 2.45) is 4.99 Å². The second kappa shape index (κ2) is 10.5. The maximum absolute atomic E-state index is 6.11. The summed E-state index contributed by atoms with van der Waals surface area (Å²) in [6.07, 6.45) is 5.17. The molecule has 1 saturated carbocycles. The van der Waals surface area contributed by atoms with Crippen LogP contribution in [-0.2, 0) is 16.0 Å². The molecule has 6 heteroatoms. The van der Waals surface area contributed by atoms with E-state index in [1.54, 1.807) is 0 Å². The van der Waals surface area contributed by atoms with Crippen molar-refractivity contribution in [1.29, 1.82) is 0 Å². The van der Waals surface area contributed by atoms with Crippen molar-refractivity contribution in [3.63, 3.8) is 0 Å². The first-order chi connectivity index (χ1) is 13.2. The molecule has 1 heterocycles. The maximum Gasteiger partial charge on any atom is 0.191 e. The van der Waals surface area contributed by atoms with Gasteiger partial charge in [-0.1, -0.05) is 18.2 Å². The molecule has 3 rings (SSSR count). The van der Waals surface area contributed by atoms with E-state index in [4.69, 9.17) is 19.2 Å². The fourth-order valence-corrected chi connectivity index (χ4v) is 3.10. The van der Waals surface area contributed by atoms with Crippen molar-refractivity contribution in [2.45, 2.75) is 64.3 Å². The third kappa shape index (κ3) is 6.40. The van der Waals surface area contributed by atoms with Crippen molar-refractivity contribution >= 4 is 5.96 Å². The summed E-state index contributed by atoms with van der Waals surface area (Å²) in [6.45, 7) is 7.73. The second-order valence-corrected chi connectivity index (χ2v) is 7.34. The lowest BCUT2D eigenvalue weighted by Crippen LogP contribution is -2.44. The number of nitrogens with one attached hydrogen (secondary N) is 2. The summed E-state index contributed by atoms with van der Waals surface area (Å²) in [6, 6.07) is 8.37. The van der Waals surface area contributed by atoms with E-state index in [1.807, 2.05) is 18.2 Å². The molecule has 2 aliphatic rings. The largest absolute Gasteiger partial charge is 0.490 e. The van der Waals surface area contributed by atoms with Crippen molar-refractivity contribution in [1.82, 2.24) is 10.6 Å². The van der Waals surface area contributed by atoms with Gasteiger partial charge in [0.2, 0.25) is 0 Å². The maximum atomic E-state index is 6.11. The Morgan fingerprint density at radius 3 is 2.81 bits per heavy atom. The predicted octanol–water partition coefficient (Wildman–Crippen LogP) is 2.87. The topological polar surface area (TPSA) is 64.1 Å². The molecule has 1 aliphatic carbocycles. The lowest BCUT2D eigenvalue weighted by molar-refractivity contribution is 0.0347.